The average molecular weight is 255 g/mol. The lowest BCUT2D eigenvalue weighted by atomic mass is 9.91. The van der Waals surface area contributed by atoms with Gasteiger partial charge in [0.05, 0.1) is 6.54 Å². The van der Waals surface area contributed by atoms with Crippen molar-refractivity contribution in [1.82, 2.24) is 4.90 Å². The van der Waals surface area contributed by atoms with Crippen LogP contribution in [0, 0.1) is 5.41 Å². The minimum absolute atomic E-state index is 0.0147. The van der Waals surface area contributed by atoms with Gasteiger partial charge in [0, 0.05) is 18.3 Å². The maximum Gasteiger partial charge on any atom is 0.222 e. The summed E-state index contributed by atoms with van der Waals surface area (Å²) >= 11 is 1.51. The van der Waals surface area contributed by atoms with E-state index in [9.17, 15) is 9.90 Å². The molecule has 96 valence electrons. The molecule has 17 heavy (non-hydrogen) atoms. The van der Waals surface area contributed by atoms with Gasteiger partial charge in [0.25, 0.3) is 0 Å². The SMILES string of the molecule is CN(CC(O)c1cccs1)C(=O)CC(C)(C)C. The number of carbonyl (C=O) groups is 1. The Morgan fingerprint density at radius 1 is 1.53 bits per heavy atom. The molecule has 0 fully saturated rings. The van der Waals surface area contributed by atoms with Crippen molar-refractivity contribution in [3.05, 3.63) is 22.4 Å². The fraction of sp³-hybridized carbons (Fsp3) is 0.615. The topological polar surface area (TPSA) is 40.5 Å². The molecule has 1 N–H and O–H groups in total. The maximum absolute atomic E-state index is 11.9. The van der Waals surface area contributed by atoms with E-state index in [1.807, 2.05) is 38.3 Å². The summed E-state index contributed by atoms with van der Waals surface area (Å²) in [6.07, 6.45) is -0.0790. The Balaban J connectivity index is 2.49. The standard InChI is InChI=1S/C13H21NO2S/c1-13(2,3)8-12(16)14(4)9-10(15)11-6-5-7-17-11/h5-7,10,15H,8-9H2,1-4H3. The lowest BCUT2D eigenvalue weighted by Gasteiger charge is -2.24. The smallest absolute Gasteiger partial charge is 0.222 e. The quantitative estimate of drug-likeness (QED) is 0.898. The molecule has 1 aromatic heterocycles. The van der Waals surface area contributed by atoms with Crippen molar-refractivity contribution in [3.63, 3.8) is 0 Å². The minimum atomic E-state index is -0.580. The molecule has 1 amide bonds. The van der Waals surface area contributed by atoms with Crippen molar-refractivity contribution in [1.29, 1.82) is 0 Å². The second-order valence-electron chi connectivity index (χ2n) is 5.54. The van der Waals surface area contributed by atoms with Gasteiger partial charge in [-0.2, -0.15) is 0 Å². The molecular weight excluding hydrogens is 234 g/mol. The number of hydrogen-bond acceptors (Lipinski definition) is 3. The van der Waals surface area contributed by atoms with Gasteiger partial charge < -0.3 is 10.0 Å². The van der Waals surface area contributed by atoms with Crippen LogP contribution in [0.3, 0.4) is 0 Å². The zero-order valence-electron chi connectivity index (χ0n) is 10.9. The van der Waals surface area contributed by atoms with E-state index >= 15 is 0 Å². The number of rotatable bonds is 4. The maximum atomic E-state index is 11.9. The second kappa shape index (κ2) is 5.65. The van der Waals surface area contributed by atoms with Crippen LogP contribution in [0.2, 0.25) is 0 Å². The first-order chi connectivity index (χ1) is 7.79. The first-order valence-electron chi connectivity index (χ1n) is 5.75. The number of carbonyl (C=O) groups excluding carboxylic acids is 1. The predicted molar refractivity (Wildman–Crippen MR) is 71.0 cm³/mol. The molecule has 1 heterocycles. The summed E-state index contributed by atoms with van der Waals surface area (Å²) in [5, 5.41) is 11.9. The normalized spacial score (nSPS) is 13.5. The largest absolute Gasteiger partial charge is 0.386 e. The van der Waals surface area contributed by atoms with E-state index < -0.39 is 6.10 Å². The Morgan fingerprint density at radius 3 is 2.65 bits per heavy atom. The fourth-order valence-corrected chi connectivity index (χ4v) is 2.22. The molecule has 0 aliphatic heterocycles. The molecule has 1 unspecified atom stereocenters. The van der Waals surface area contributed by atoms with E-state index in [0.29, 0.717) is 13.0 Å². The molecule has 3 nitrogen and oxygen atoms in total. The summed E-state index contributed by atoms with van der Waals surface area (Å²) in [6.45, 7) is 6.47. The van der Waals surface area contributed by atoms with Gasteiger partial charge in [0.1, 0.15) is 6.10 Å². The highest BCUT2D eigenvalue weighted by Gasteiger charge is 2.21. The summed E-state index contributed by atoms with van der Waals surface area (Å²) in [4.78, 5) is 14.4. The summed E-state index contributed by atoms with van der Waals surface area (Å²) in [6, 6.07) is 3.79. The number of aliphatic hydroxyl groups excluding tert-OH is 1. The highest BCUT2D eigenvalue weighted by molar-refractivity contribution is 7.10. The molecule has 1 atom stereocenters. The van der Waals surface area contributed by atoms with Crippen LogP contribution in [0.1, 0.15) is 38.2 Å². The molecule has 1 aromatic rings. The third-order valence-electron chi connectivity index (χ3n) is 2.43. The lowest BCUT2D eigenvalue weighted by Crippen LogP contribution is -2.33. The summed E-state index contributed by atoms with van der Waals surface area (Å²) in [7, 11) is 1.74. The van der Waals surface area contributed by atoms with E-state index in [2.05, 4.69) is 0 Å². The zero-order valence-corrected chi connectivity index (χ0v) is 11.8. The number of aliphatic hydroxyl groups is 1. The van der Waals surface area contributed by atoms with Crippen molar-refractivity contribution in [2.75, 3.05) is 13.6 Å². The molecular formula is C13H21NO2S. The molecule has 4 heteroatoms. The second-order valence-corrected chi connectivity index (χ2v) is 6.52. The number of amides is 1. The Kier molecular flexibility index (Phi) is 4.71. The van der Waals surface area contributed by atoms with Crippen LogP contribution in [0.5, 0.6) is 0 Å². The molecule has 0 aliphatic rings. The molecule has 0 radical (unpaired) electrons. The molecule has 0 spiro atoms. The van der Waals surface area contributed by atoms with Crippen molar-refractivity contribution < 1.29 is 9.90 Å². The summed E-state index contributed by atoms with van der Waals surface area (Å²) in [5.41, 5.74) is -0.0147. The van der Waals surface area contributed by atoms with Gasteiger partial charge in [-0.1, -0.05) is 26.8 Å². The third kappa shape index (κ3) is 4.88. The van der Waals surface area contributed by atoms with Gasteiger partial charge >= 0.3 is 0 Å². The van der Waals surface area contributed by atoms with E-state index in [0.717, 1.165) is 4.88 Å². The Bertz CT molecular complexity index is 354. The zero-order chi connectivity index (χ0) is 13.1. The van der Waals surface area contributed by atoms with Crippen molar-refractivity contribution in [2.45, 2.75) is 33.3 Å². The van der Waals surface area contributed by atoms with Gasteiger partial charge in [-0.25, -0.2) is 0 Å². The Labute approximate surface area is 107 Å². The Morgan fingerprint density at radius 2 is 2.18 bits per heavy atom. The van der Waals surface area contributed by atoms with Crippen LogP contribution >= 0.6 is 11.3 Å². The summed E-state index contributed by atoms with van der Waals surface area (Å²) < 4.78 is 0. The van der Waals surface area contributed by atoms with Gasteiger partial charge in [0.2, 0.25) is 5.91 Å². The van der Waals surface area contributed by atoms with Crippen LogP contribution in [0.4, 0.5) is 0 Å². The molecule has 0 aromatic carbocycles. The van der Waals surface area contributed by atoms with Crippen LogP contribution < -0.4 is 0 Å². The molecule has 0 aliphatic carbocycles. The van der Waals surface area contributed by atoms with Crippen molar-refractivity contribution in [2.24, 2.45) is 5.41 Å². The molecule has 0 saturated heterocycles. The first-order valence-corrected chi connectivity index (χ1v) is 6.63. The average Bonchev–Trinajstić information content (AvgIpc) is 2.67. The fourth-order valence-electron chi connectivity index (χ4n) is 1.52. The molecule has 0 bridgehead atoms. The highest BCUT2D eigenvalue weighted by atomic mass is 32.1. The van der Waals surface area contributed by atoms with Gasteiger partial charge in [-0.3, -0.25) is 4.79 Å². The van der Waals surface area contributed by atoms with Crippen molar-refractivity contribution >= 4 is 17.2 Å². The van der Waals surface area contributed by atoms with Gasteiger partial charge in [0.15, 0.2) is 0 Å². The summed E-state index contributed by atoms with van der Waals surface area (Å²) in [5.74, 6) is 0.0770. The van der Waals surface area contributed by atoms with E-state index in [1.54, 1.807) is 11.9 Å². The third-order valence-corrected chi connectivity index (χ3v) is 3.40. The van der Waals surface area contributed by atoms with Crippen LogP contribution in [0.25, 0.3) is 0 Å². The van der Waals surface area contributed by atoms with E-state index in [-0.39, 0.29) is 11.3 Å². The van der Waals surface area contributed by atoms with E-state index in [4.69, 9.17) is 0 Å². The van der Waals surface area contributed by atoms with Crippen molar-refractivity contribution in [3.8, 4) is 0 Å². The molecule has 1 rings (SSSR count). The minimum Gasteiger partial charge on any atom is -0.386 e. The van der Waals surface area contributed by atoms with E-state index in [1.165, 1.54) is 11.3 Å². The van der Waals surface area contributed by atoms with Crippen LogP contribution in [-0.2, 0) is 4.79 Å². The first kappa shape index (κ1) is 14.2. The number of likely N-dealkylation sites (N-methyl/N-ethyl adjacent to an activating group) is 1. The number of hydrogen-bond donors (Lipinski definition) is 1. The van der Waals surface area contributed by atoms with Crippen LogP contribution in [-0.4, -0.2) is 29.5 Å². The Hall–Kier alpha value is -0.870. The lowest BCUT2D eigenvalue weighted by molar-refractivity contribution is -0.133. The van der Waals surface area contributed by atoms with Gasteiger partial charge in [-0.15, -0.1) is 11.3 Å². The molecule has 0 saturated carbocycles. The highest BCUT2D eigenvalue weighted by Crippen LogP contribution is 2.22. The number of thiophene rings is 1. The van der Waals surface area contributed by atoms with Crippen LogP contribution in [0.15, 0.2) is 17.5 Å². The van der Waals surface area contributed by atoms with Gasteiger partial charge in [-0.05, 0) is 16.9 Å². The number of nitrogens with zero attached hydrogens (tertiary/aromatic N) is 1. The predicted octanol–water partition coefficient (Wildman–Crippen LogP) is 2.68. The monoisotopic (exact) mass is 255 g/mol.